The Bertz CT molecular complexity index is 1070. The number of likely N-dealkylation sites (N-methyl/N-ethyl adjacent to an activating group) is 1. The Morgan fingerprint density at radius 1 is 1.03 bits per heavy atom. The Labute approximate surface area is 202 Å². The van der Waals surface area contributed by atoms with Crippen molar-refractivity contribution in [2.45, 2.75) is 31.3 Å². The monoisotopic (exact) mass is 491 g/mol. The highest BCUT2D eigenvalue weighted by Crippen LogP contribution is 2.33. The van der Waals surface area contributed by atoms with E-state index in [1.54, 1.807) is 24.3 Å². The molecule has 3 amide bonds. The third kappa shape index (κ3) is 5.10. The molecule has 0 radical (unpaired) electrons. The van der Waals surface area contributed by atoms with Crippen molar-refractivity contribution in [2.75, 3.05) is 48.8 Å². The SMILES string of the molecule is CN(C)C1CCN(c2ccc(N3CCC[C@@H](NC(=O)Nc4ccc(Cl)cc4)C3=O)c(F)c2F)C1. The average molecular weight is 492 g/mol. The van der Waals surface area contributed by atoms with Crippen LogP contribution in [0.4, 0.5) is 30.6 Å². The van der Waals surface area contributed by atoms with Gasteiger partial charge < -0.3 is 25.3 Å². The van der Waals surface area contributed by atoms with Gasteiger partial charge in [-0.1, -0.05) is 11.6 Å². The van der Waals surface area contributed by atoms with Crippen LogP contribution in [0.1, 0.15) is 19.3 Å². The second-order valence-electron chi connectivity index (χ2n) is 8.87. The largest absolute Gasteiger partial charge is 0.367 e. The highest BCUT2D eigenvalue weighted by molar-refractivity contribution is 6.30. The number of hydrogen-bond acceptors (Lipinski definition) is 4. The van der Waals surface area contributed by atoms with Crippen LogP contribution in [0, 0.1) is 11.6 Å². The predicted octanol–water partition coefficient (Wildman–Crippen LogP) is 4.08. The first kappa shape index (κ1) is 24.2. The van der Waals surface area contributed by atoms with E-state index in [9.17, 15) is 9.59 Å². The van der Waals surface area contributed by atoms with Crippen molar-refractivity contribution in [3.63, 3.8) is 0 Å². The Kier molecular flexibility index (Phi) is 7.23. The first-order chi connectivity index (χ1) is 16.2. The van der Waals surface area contributed by atoms with E-state index in [1.807, 2.05) is 19.0 Å². The molecule has 2 aromatic rings. The molecule has 7 nitrogen and oxygen atoms in total. The molecule has 0 spiro atoms. The molecule has 0 bridgehead atoms. The molecule has 2 fully saturated rings. The van der Waals surface area contributed by atoms with Crippen LogP contribution in [-0.2, 0) is 4.79 Å². The van der Waals surface area contributed by atoms with Gasteiger partial charge in [0.05, 0.1) is 11.4 Å². The summed E-state index contributed by atoms with van der Waals surface area (Å²) in [5, 5.41) is 5.81. The molecular formula is C24H28ClF2N5O2. The number of carbonyl (C=O) groups excluding carboxylic acids is 2. The summed E-state index contributed by atoms with van der Waals surface area (Å²) in [7, 11) is 3.94. The standard InChI is InChI=1S/C24H28ClF2N5O2/c1-30(2)17-11-13-31(14-17)19-9-10-20(22(27)21(19)26)32-12-3-4-18(23(32)33)29-24(34)28-16-7-5-15(25)6-8-16/h5-10,17-18H,3-4,11-14H2,1-2H3,(H2,28,29,34)/t17?,18-/m1/s1. The summed E-state index contributed by atoms with van der Waals surface area (Å²) in [4.78, 5) is 30.5. The Morgan fingerprint density at radius 2 is 1.71 bits per heavy atom. The lowest BCUT2D eigenvalue weighted by molar-refractivity contribution is -0.121. The number of hydrogen-bond donors (Lipinski definition) is 2. The fraction of sp³-hybridized carbons (Fsp3) is 0.417. The number of carbonyl (C=O) groups is 2. The smallest absolute Gasteiger partial charge is 0.319 e. The van der Waals surface area contributed by atoms with Gasteiger partial charge in [-0.3, -0.25) is 4.79 Å². The van der Waals surface area contributed by atoms with E-state index in [1.165, 1.54) is 17.0 Å². The summed E-state index contributed by atoms with van der Waals surface area (Å²) in [6.07, 6.45) is 1.81. The van der Waals surface area contributed by atoms with Crippen molar-refractivity contribution >= 4 is 40.6 Å². The number of benzene rings is 2. The molecule has 2 atom stereocenters. The van der Waals surface area contributed by atoms with Crippen LogP contribution in [-0.4, -0.2) is 62.7 Å². The highest BCUT2D eigenvalue weighted by Gasteiger charge is 2.34. The fourth-order valence-corrected chi connectivity index (χ4v) is 4.60. The molecule has 4 rings (SSSR count). The van der Waals surface area contributed by atoms with Crippen LogP contribution in [0.2, 0.25) is 5.02 Å². The van der Waals surface area contributed by atoms with E-state index in [4.69, 9.17) is 11.6 Å². The number of anilines is 3. The summed E-state index contributed by atoms with van der Waals surface area (Å²) in [5.74, 6) is -2.48. The second kappa shape index (κ2) is 10.1. The van der Waals surface area contributed by atoms with Crippen LogP contribution < -0.4 is 20.4 Å². The number of piperidine rings is 1. The van der Waals surface area contributed by atoms with Gasteiger partial charge in [0, 0.05) is 36.4 Å². The van der Waals surface area contributed by atoms with Crippen molar-refractivity contribution in [2.24, 2.45) is 0 Å². The lowest BCUT2D eigenvalue weighted by Crippen LogP contribution is -2.53. The van der Waals surface area contributed by atoms with Crippen molar-refractivity contribution in [1.29, 1.82) is 0 Å². The number of amides is 3. The maximum absolute atomic E-state index is 15.1. The summed E-state index contributed by atoms with van der Waals surface area (Å²) in [5.41, 5.74) is 0.607. The van der Waals surface area contributed by atoms with E-state index in [0.717, 1.165) is 6.42 Å². The van der Waals surface area contributed by atoms with Crippen molar-refractivity contribution in [3.05, 3.63) is 53.1 Å². The summed E-state index contributed by atoms with van der Waals surface area (Å²) in [6, 6.07) is 8.39. The molecule has 0 aromatic heterocycles. The molecule has 0 saturated carbocycles. The highest BCUT2D eigenvalue weighted by atomic mass is 35.5. The minimum atomic E-state index is -1.05. The van der Waals surface area contributed by atoms with Crippen molar-refractivity contribution in [3.8, 4) is 0 Å². The fourth-order valence-electron chi connectivity index (χ4n) is 4.47. The number of rotatable bonds is 5. The average Bonchev–Trinajstić information content (AvgIpc) is 3.29. The molecular weight excluding hydrogens is 464 g/mol. The maximum atomic E-state index is 15.1. The molecule has 10 heteroatoms. The van der Waals surface area contributed by atoms with Gasteiger partial charge in [0.15, 0.2) is 11.6 Å². The van der Waals surface area contributed by atoms with Gasteiger partial charge in [-0.2, -0.15) is 0 Å². The maximum Gasteiger partial charge on any atom is 0.319 e. The molecule has 2 aliphatic heterocycles. The number of urea groups is 1. The first-order valence-corrected chi connectivity index (χ1v) is 11.7. The lowest BCUT2D eigenvalue weighted by atomic mass is 10.0. The topological polar surface area (TPSA) is 67.9 Å². The van der Waals surface area contributed by atoms with Crippen molar-refractivity contribution < 1.29 is 18.4 Å². The van der Waals surface area contributed by atoms with Gasteiger partial charge in [0.1, 0.15) is 6.04 Å². The van der Waals surface area contributed by atoms with E-state index < -0.39 is 29.6 Å². The van der Waals surface area contributed by atoms with Crippen LogP contribution in [0.15, 0.2) is 36.4 Å². The van der Waals surface area contributed by atoms with Gasteiger partial charge in [0.2, 0.25) is 5.91 Å². The van der Waals surface area contributed by atoms with E-state index in [-0.39, 0.29) is 24.0 Å². The molecule has 0 aliphatic carbocycles. The third-order valence-electron chi connectivity index (χ3n) is 6.41. The normalized spacial score (nSPS) is 20.7. The summed E-state index contributed by atoms with van der Waals surface area (Å²) in [6.45, 7) is 1.49. The van der Waals surface area contributed by atoms with Crippen LogP contribution in [0.25, 0.3) is 0 Å². The predicted molar refractivity (Wildman–Crippen MR) is 130 cm³/mol. The Balaban J connectivity index is 1.45. The van der Waals surface area contributed by atoms with E-state index >= 15 is 8.78 Å². The lowest BCUT2D eigenvalue weighted by Gasteiger charge is -2.33. The quantitative estimate of drug-likeness (QED) is 0.661. The van der Waals surface area contributed by atoms with Crippen LogP contribution >= 0.6 is 11.6 Å². The number of halogens is 3. The molecule has 2 heterocycles. The zero-order chi connectivity index (χ0) is 24.4. The Hall–Kier alpha value is -2.91. The zero-order valence-electron chi connectivity index (χ0n) is 19.2. The van der Waals surface area contributed by atoms with E-state index in [0.29, 0.717) is 36.6 Å². The van der Waals surface area contributed by atoms with Gasteiger partial charge in [-0.05, 0) is 69.8 Å². The first-order valence-electron chi connectivity index (χ1n) is 11.3. The molecule has 182 valence electrons. The van der Waals surface area contributed by atoms with Crippen LogP contribution in [0.5, 0.6) is 0 Å². The third-order valence-corrected chi connectivity index (χ3v) is 6.66. The Morgan fingerprint density at radius 3 is 2.38 bits per heavy atom. The summed E-state index contributed by atoms with van der Waals surface area (Å²) < 4.78 is 30.2. The van der Waals surface area contributed by atoms with E-state index in [2.05, 4.69) is 15.5 Å². The molecule has 2 aromatic carbocycles. The van der Waals surface area contributed by atoms with Gasteiger partial charge >= 0.3 is 6.03 Å². The van der Waals surface area contributed by atoms with Crippen molar-refractivity contribution in [1.82, 2.24) is 10.2 Å². The minimum Gasteiger partial charge on any atom is -0.367 e. The second-order valence-corrected chi connectivity index (χ2v) is 9.31. The van der Waals surface area contributed by atoms with Gasteiger partial charge in [-0.15, -0.1) is 0 Å². The molecule has 2 N–H and O–H groups in total. The molecule has 1 unspecified atom stereocenters. The van der Waals surface area contributed by atoms with Gasteiger partial charge in [-0.25, -0.2) is 13.6 Å². The van der Waals surface area contributed by atoms with Crippen LogP contribution in [0.3, 0.4) is 0 Å². The summed E-state index contributed by atoms with van der Waals surface area (Å²) >= 11 is 5.85. The molecule has 2 aliphatic rings. The number of nitrogens with zero attached hydrogens (tertiary/aromatic N) is 3. The van der Waals surface area contributed by atoms with Gasteiger partial charge in [0.25, 0.3) is 0 Å². The minimum absolute atomic E-state index is 0.112. The molecule has 34 heavy (non-hydrogen) atoms. The zero-order valence-corrected chi connectivity index (χ0v) is 19.9. The number of nitrogens with one attached hydrogen (secondary N) is 2. The molecule has 2 saturated heterocycles.